The van der Waals surface area contributed by atoms with E-state index in [1.54, 1.807) is 35.0 Å². The number of carbonyl (C=O) groups excluding carboxylic acids is 1. The van der Waals surface area contributed by atoms with Gasteiger partial charge in [-0.15, -0.1) is 0 Å². The number of imidazole rings is 1. The van der Waals surface area contributed by atoms with Crippen LogP contribution in [0.3, 0.4) is 0 Å². The van der Waals surface area contributed by atoms with E-state index in [9.17, 15) is 10.1 Å². The third-order valence-electron chi connectivity index (χ3n) is 3.36. The Bertz CT molecular complexity index is 1050. The van der Waals surface area contributed by atoms with Crippen molar-refractivity contribution < 1.29 is 4.79 Å². The molecular formula is C17H9BrCl2N4O. The molecule has 0 bridgehead atoms. The third-order valence-corrected chi connectivity index (χ3v) is 4.64. The van der Waals surface area contributed by atoms with Crippen LogP contribution in [-0.4, -0.2) is 15.3 Å². The van der Waals surface area contributed by atoms with Crippen LogP contribution in [0, 0.1) is 11.3 Å². The van der Waals surface area contributed by atoms with E-state index in [1.165, 1.54) is 6.08 Å². The predicted octanol–water partition coefficient (Wildman–Crippen LogP) is 4.95. The summed E-state index contributed by atoms with van der Waals surface area (Å²) in [5, 5.41) is 12.5. The summed E-state index contributed by atoms with van der Waals surface area (Å²) in [4.78, 5) is 16.6. The number of hydrogen-bond acceptors (Lipinski definition) is 3. The number of nitrogens with one attached hydrogen (secondary N) is 1. The molecule has 0 saturated heterocycles. The topological polar surface area (TPSA) is 70.2 Å². The van der Waals surface area contributed by atoms with Gasteiger partial charge in [0.1, 0.15) is 17.3 Å². The molecule has 5 nitrogen and oxygen atoms in total. The molecule has 2 aromatic heterocycles. The van der Waals surface area contributed by atoms with Crippen LogP contribution in [0.5, 0.6) is 0 Å². The molecule has 0 radical (unpaired) electrons. The Balaban J connectivity index is 1.94. The Morgan fingerprint density at radius 2 is 2.12 bits per heavy atom. The second-order valence-corrected chi connectivity index (χ2v) is 6.68. The van der Waals surface area contributed by atoms with Crippen molar-refractivity contribution in [2.45, 2.75) is 0 Å². The lowest BCUT2D eigenvalue weighted by Gasteiger charge is -2.07. The number of fused-ring (bicyclic) bond motifs is 1. The molecule has 25 heavy (non-hydrogen) atoms. The fourth-order valence-corrected chi connectivity index (χ4v) is 2.85. The van der Waals surface area contributed by atoms with Gasteiger partial charge in [0.05, 0.1) is 27.6 Å². The maximum Gasteiger partial charge on any atom is 0.266 e. The highest BCUT2D eigenvalue weighted by molar-refractivity contribution is 9.10. The van der Waals surface area contributed by atoms with Gasteiger partial charge in [-0.25, -0.2) is 4.98 Å². The summed E-state index contributed by atoms with van der Waals surface area (Å²) in [5.41, 5.74) is 1.55. The number of halogens is 3. The molecule has 1 amide bonds. The number of nitriles is 1. The molecule has 8 heteroatoms. The fraction of sp³-hybridized carbons (Fsp3) is 0. The van der Waals surface area contributed by atoms with Crippen molar-refractivity contribution in [1.29, 1.82) is 5.26 Å². The van der Waals surface area contributed by atoms with Gasteiger partial charge < -0.3 is 5.32 Å². The predicted molar refractivity (Wildman–Crippen MR) is 102 cm³/mol. The average molecular weight is 436 g/mol. The minimum Gasteiger partial charge on any atom is -0.320 e. The number of hydrogen-bond donors (Lipinski definition) is 1. The summed E-state index contributed by atoms with van der Waals surface area (Å²) in [6.07, 6.45) is 4.84. The molecular weight excluding hydrogens is 427 g/mol. The van der Waals surface area contributed by atoms with Crippen LogP contribution in [0.1, 0.15) is 5.69 Å². The normalized spacial score (nSPS) is 11.4. The van der Waals surface area contributed by atoms with Crippen LogP contribution in [0.25, 0.3) is 11.7 Å². The maximum absolute atomic E-state index is 12.4. The van der Waals surface area contributed by atoms with Crippen LogP contribution in [-0.2, 0) is 4.79 Å². The van der Waals surface area contributed by atoms with E-state index >= 15 is 0 Å². The first-order valence-corrected chi connectivity index (χ1v) is 8.54. The van der Waals surface area contributed by atoms with Gasteiger partial charge in [-0.3, -0.25) is 9.20 Å². The molecule has 0 aliphatic rings. The zero-order chi connectivity index (χ0) is 18.0. The summed E-state index contributed by atoms with van der Waals surface area (Å²) in [7, 11) is 0. The zero-order valence-electron chi connectivity index (χ0n) is 12.5. The number of rotatable bonds is 3. The molecule has 124 valence electrons. The molecule has 1 N–H and O–H groups in total. The van der Waals surface area contributed by atoms with E-state index in [1.807, 2.05) is 18.2 Å². The smallest absolute Gasteiger partial charge is 0.266 e. The molecule has 0 aliphatic carbocycles. The van der Waals surface area contributed by atoms with Crippen molar-refractivity contribution in [1.82, 2.24) is 9.38 Å². The summed E-state index contributed by atoms with van der Waals surface area (Å²) >= 11 is 15.4. The van der Waals surface area contributed by atoms with Crippen LogP contribution >= 0.6 is 39.1 Å². The third kappa shape index (κ3) is 3.69. The number of anilines is 1. The zero-order valence-corrected chi connectivity index (χ0v) is 15.6. The first-order chi connectivity index (χ1) is 12.0. The lowest BCUT2D eigenvalue weighted by molar-refractivity contribution is -0.112. The molecule has 0 unspecified atom stereocenters. The number of aromatic nitrogens is 2. The summed E-state index contributed by atoms with van der Waals surface area (Å²) in [6.45, 7) is 0. The van der Waals surface area contributed by atoms with Crippen molar-refractivity contribution >= 4 is 62.4 Å². The second kappa shape index (κ2) is 7.28. The van der Waals surface area contributed by atoms with E-state index < -0.39 is 5.91 Å². The number of nitrogens with zero attached hydrogens (tertiary/aromatic N) is 3. The van der Waals surface area contributed by atoms with Gasteiger partial charge in [0.15, 0.2) is 0 Å². The first-order valence-electron chi connectivity index (χ1n) is 6.99. The summed E-state index contributed by atoms with van der Waals surface area (Å²) in [6, 6.07) is 10.4. The van der Waals surface area contributed by atoms with Crippen molar-refractivity contribution in [2.24, 2.45) is 0 Å². The summed E-state index contributed by atoms with van der Waals surface area (Å²) < 4.78 is 2.61. The Kier molecular flexibility index (Phi) is 5.09. The molecule has 0 spiro atoms. The molecule has 3 rings (SSSR count). The minimum atomic E-state index is -0.586. The van der Waals surface area contributed by atoms with E-state index in [4.69, 9.17) is 23.2 Å². The van der Waals surface area contributed by atoms with Gasteiger partial charge >= 0.3 is 0 Å². The van der Waals surface area contributed by atoms with Crippen molar-refractivity contribution in [3.05, 3.63) is 68.5 Å². The summed E-state index contributed by atoms with van der Waals surface area (Å²) in [5.74, 6) is -0.586. The Morgan fingerprint density at radius 1 is 1.32 bits per heavy atom. The molecule has 0 aliphatic heterocycles. The van der Waals surface area contributed by atoms with Crippen LogP contribution in [0.15, 0.2) is 52.8 Å². The van der Waals surface area contributed by atoms with Gasteiger partial charge in [-0.2, -0.15) is 5.26 Å². The molecule has 3 aromatic rings. The monoisotopic (exact) mass is 434 g/mol. The highest BCUT2D eigenvalue weighted by Crippen LogP contribution is 2.29. The highest BCUT2D eigenvalue weighted by atomic mass is 79.9. The Labute approximate surface area is 161 Å². The van der Waals surface area contributed by atoms with Crippen molar-refractivity contribution in [2.75, 3.05) is 5.32 Å². The lowest BCUT2D eigenvalue weighted by atomic mass is 10.2. The SMILES string of the molecule is N#CC(=Cc1cnc2ccc(Br)cn12)C(=O)Nc1cccc(Cl)c1Cl. The molecule has 1 aromatic carbocycles. The number of amides is 1. The van der Waals surface area contributed by atoms with Gasteiger partial charge in [0.2, 0.25) is 0 Å². The van der Waals surface area contributed by atoms with Gasteiger partial charge in [0, 0.05) is 10.7 Å². The lowest BCUT2D eigenvalue weighted by Crippen LogP contribution is -2.14. The number of pyridine rings is 1. The van der Waals surface area contributed by atoms with Crippen LogP contribution in [0.2, 0.25) is 10.0 Å². The van der Waals surface area contributed by atoms with Crippen molar-refractivity contribution in [3.63, 3.8) is 0 Å². The Hall–Kier alpha value is -2.33. The molecule has 0 saturated carbocycles. The largest absolute Gasteiger partial charge is 0.320 e. The van der Waals surface area contributed by atoms with Crippen molar-refractivity contribution in [3.8, 4) is 6.07 Å². The minimum absolute atomic E-state index is 0.0854. The van der Waals surface area contributed by atoms with E-state index in [0.29, 0.717) is 22.1 Å². The quantitative estimate of drug-likeness (QED) is 0.467. The van der Waals surface area contributed by atoms with Gasteiger partial charge in [0.25, 0.3) is 5.91 Å². The van der Waals surface area contributed by atoms with E-state index in [2.05, 4.69) is 26.2 Å². The Morgan fingerprint density at radius 3 is 2.88 bits per heavy atom. The van der Waals surface area contributed by atoms with Gasteiger partial charge in [-0.1, -0.05) is 29.3 Å². The molecule has 0 fully saturated rings. The van der Waals surface area contributed by atoms with E-state index in [0.717, 1.165) is 4.47 Å². The number of carbonyl (C=O) groups is 1. The number of benzene rings is 1. The highest BCUT2D eigenvalue weighted by Gasteiger charge is 2.14. The second-order valence-electron chi connectivity index (χ2n) is 4.98. The first kappa shape index (κ1) is 17.5. The molecule has 2 heterocycles. The maximum atomic E-state index is 12.4. The van der Waals surface area contributed by atoms with Gasteiger partial charge in [-0.05, 0) is 46.3 Å². The van der Waals surface area contributed by atoms with Crippen LogP contribution < -0.4 is 5.32 Å². The van der Waals surface area contributed by atoms with Crippen LogP contribution in [0.4, 0.5) is 5.69 Å². The van der Waals surface area contributed by atoms with E-state index in [-0.39, 0.29) is 10.6 Å². The standard InChI is InChI=1S/C17H9BrCl2N4O/c18-11-4-5-15-22-8-12(24(15)9-11)6-10(7-21)17(25)23-14-3-1-2-13(19)16(14)20/h1-6,8-9H,(H,23,25). The average Bonchev–Trinajstić information content (AvgIpc) is 2.98. The fourth-order valence-electron chi connectivity index (χ4n) is 2.17. The molecule has 0 atom stereocenters.